The Morgan fingerprint density at radius 2 is 2.19 bits per heavy atom. The number of carbonyl (C=O) groups is 1. The molecular formula is C18H30N4O5. The number of aromatic amines is 1. The van der Waals surface area contributed by atoms with Gasteiger partial charge in [-0.15, -0.1) is 0 Å². The summed E-state index contributed by atoms with van der Waals surface area (Å²) in [5, 5.41) is 0. The molecule has 1 aliphatic heterocycles. The molecule has 1 fully saturated rings. The zero-order chi connectivity index (χ0) is 20.0. The fraction of sp³-hybridized carbons (Fsp3) is 0.722. The number of nitrogen functional groups attached to an aromatic ring is 1. The van der Waals surface area contributed by atoms with E-state index in [1.54, 1.807) is 6.92 Å². The highest BCUT2D eigenvalue weighted by Gasteiger charge is 2.26. The van der Waals surface area contributed by atoms with Gasteiger partial charge in [-0.2, -0.15) is 0 Å². The predicted octanol–water partition coefficient (Wildman–Crippen LogP) is 0.856. The summed E-state index contributed by atoms with van der Waals surface area (Å²) in [6, 6.07) is 0. The van der Waals surface area contributed by atoms with Crippen molar-refractivity contribution in [3.63, 3.8) is 0 Å². The zero-order valence-electron chi connectivity index (χ0n) is 16.3. The number of likely N-dealkylation sites (N-methyl/N-ethyl adjacent to an activating group) is 1. The van der Waals surface area contributed by atoms with Crippen LogP contribution in [0.15, 0.2) is 9.59 Å². The van der Waals surface area contributed by atoms with Crippen LogP contribution in [-0.4, -0.2) is 47.9 Å². The van der Waals surface area contributed by atoms with Gasteiger partial charge in [0.25, 0.3) is 11.5 Å². The molecule has 1 aromatic rings. The molecule has 0 aliphatic carbocycles. The van der Waals surface area contributed by atoms with Crippen molar-refractivity contribution in [1.82, 2.24) is 9.55 Å². The Labute approximate surface area is 158 Å². The van der Waals surface area contributed by atoms with Crippen LogP contribution in [0.5, 0.6) is 0 Å². The number of H-pyrrole nitrogens is 1. The standard InChI is InChI=1S/C18H30N4O5/c1-4-5-9-22-15(19)14(16(23)20-18(22)25)21(3)17(24)12(2)27-11-13-8-6-7-10-26-13/h12-13H,4-11,19H2,1-3H3,(H,20,23,25). The number of unbranched alkanes of at least 4 members (excludes halogenated alkanes) is 1. The highest BCUT2D eigenvalue weighted by Crippen LogP contribution is 2.18. The third-order valence-electron chi connectivity index (χ3n) is 4.77. The summed E-state index contributed by atoms with van der Waals surface area (Å²) in [6.07, 6.45) is 3.85. The number of ether oxygens (including phenoxy) is 2. The SMILES string of the molecule is CCCCn1c(N)c(N(C)C(=O)C(C)OCC2CCCCO2)c(=O)[nH]c1=O. The summed E-state index contributed by atoms with van der Waals surface area (Å²) in [6.45, 7) is 5.01. The van der Waals surface area contributed by atoms with E-state index in [1.165, 1.54) is 11.6 Å². The number of nitrogens with one attached hydrogen (secondary N) is 1. The lowest BCUT2D eigenvalue weighted by Crippen LogP contribution is -2.43. The zero-order valence-corrected chi connectivity index (χ0v) is 16.3. The Hall–Kier alpha value is -2.13. The third kappa shape index (κ3) is 5.20. The van der Waals surface area contributed by atoms with Crippen molar-refractivity contribution in [1.29, 1.82) is 0 Å². The fourth-order valence-electron chi connectivity index (χ4n) is 3.08. The Morgan fingerprint density at radius 1 is 1.44 bits per heavy atom. The average Bonchev–Trinajstić information content (AvgIpc) is 2.65. The first-order valence-electron chi connectivity index (χ1n) is 9.50. The second-order valence-corrected chi connectivity index (χ2v) is 6.86. The Bertz CT molecular complexity index is 751. The lowest BCUT2D eigenvalue weighted by molar-refractivity contribution is -0.132. The number of nitrogens with two attached hydrogens (primary N) is 1. The molecule has 2 rings (SSSR count). The van der Waals surface area contributed by atoms with Crippen LogP contribution in [0.1, 0.15) is 46.0 Å². The molecule has 2 atom stereocenters. The fourth-order valence-corrected chi connectivity index (χ4v) is 3.08. The topological polar surface area (TPSA) is 120 Å². The number of rotatable bonds is 8. The predicted molar refractivity (Wildman–Crippen MR) is 103 cm³/mol. The molecule has 0 aromatic carbocycles. The van der Waals surface area contributed by atoms with Gasteiger partial charge in [0.2, 0.25) is 0 Å². The molecule has 1 amide bonds. The van der Waals surface area contributed by atoms with Crippen LogP contribution in [0.25, 0.3) is 0 Å². The number of hydrogen-bond acceptors (Lipinski definition) is 6. The van der Waals surface area contributed by atoms with E-state index in [2.05, 4.69) is 4.98 Å². The van der Waals surface area contributed by atoms with Crippen LogP contribution >= 0.6 is 0 Å². The van der Waals surface area contributed by atoms with E-state index in [0.29, 0.717) is 19.8 Å². The van der Waals surface area contributed by atoms with Crippen molar-refractivity contribution in [2.24, 2.45) is 0 Å². The highest BCUT2D eigenvalue weighted by molar-refractivity contribution is 5.97. The van der Waals surface area contributed by atoms with Crippen LogP contribution in [0, 0.1) is 0 Å². The van der Waals surface area contributed by atoms with Crippen LogP contribution in [0.4, 0.5) is 11.5 Å². The normalized spacial score (nSPS) is 18.3. The summed E-state index contributed by atoms with van der Waals surface area (Å²) in [7, 11) is 1.45. The van der Waals surface area contributed by atoms with Crippen LogP contribution in [0.2, 0.25) is 0 Å². The van der Waals surface area contributed by atoms with Crippen molar-refractivity contribution in [3.8, 4) is 0 Å². The lowest BCUT2D eigenvalue weighted by atomic mass is 10.1. The molecule has 0 saturated carbocycles. The van der Waals surface area contributed by atoms with Gasteiger partial charge >= 0.3 is 5.69 Å². The Balaban J connectivity index is 2.12. The largest absolute Gasteiger partial charge is 0.383 e. The Kier molecular flexibility index (Phi) is 7.61. The van der Waals surface area contributed by atoms with Gasteiger partial charge in [0, 0.05) is 20.2 Å². The van der Waals surface area contributed by atoms with E-state index in [1.807, 2.05) is 6.92 Å². The van der Waals surface area contributed by atoms with E-state index in [9.17, 15) is 14.4 Å². The molecule has 152 valence electrons. The first kappa shape index (κ1) is 21.2. The van der Waals surface area contributed by atoms with E-state index >= 15 is 0 Å². The second kappa shape index (κ2) is 9.70. The maximum Gasteiger partial charge on any atom is 0.330 e. The van der Waals surface area contributed by atoms with Crippen LogP contribution in [-0.2, 0) is 20.8 Å². The minimum Gasteiger partial charge on any atom is -0.383 e. The number of aromatic nitrogens is 2. The smallest absolute Gasteiger partial charge is 0.330 e. The first-order chi connectivity index (χ1) is 12.9. The molecule has 9 nitrogen and oxygen atoms in total. The molecule has 1 aliphatic rings. The first-order valence-corrected chi connectivity index (χ1v) is 9.50. The van der Waals surface area contributed by atoms with Gasteiger partial charge < -0.3 is 20.1 Å². The van der Waals surface area contributed by atoms with Gasteiger partial charge in [0.1, 0.15) is 11.9 Å². The molecule has 2 unspecified atom stereocenters. The quantitative estimate of drug-likeness (QED) is 0.688. The highest BCUT2D eigenvalue weighted by atomic mass is 16.5. The van der Waals surface area contributed by atoms with Crippen molar-refractivity contribution in [2.75, 3.05) is 30.9 Å². The van der Waals surface area contributed by atoms with E-state index in [-0.39, 0.29) is 17.6 Å². The molecule has 27 heavy (non-hydrogen) atoms. The maximum absolute atomic E-state index is 12.7. The molecule has 0 radical (unpaired) electrons. The van der Waals surface area contributed by atoms with Gasteiger partial charge in [0.15, 0.2) is 5.69 Å². The summed E-state index contributed by atoms with van der Waals surface area (Å²) in [5.74, 6) is -0.431. The number of hydrogen-bond donors (Lipinski definition) is 2. The van der Waals surface area contributed by atoms with E-state index < -0.39 is 23.3 Å². The second-order valence-electron chi connectivity index (χ2n) is 6.86. The molecule has 3 N–H and O–H groups in total. The van der Waals surface area contributed by atoms with Gasteiger partial charge in [-0.25, -0.2) is 4.79 Å². The van der Waals surface area contributed by atoms with Crippen LogP contribution in [0.3, 0.4) is 0 Å². The maximum atomic E-state index is 12.7. The van der Waals surface area contributed by atoms with Crippen molar-refractivity contribution in [2.45, 2.75) is 64.7 Å². The summed E-state index contributed by atoms with van der Waals surface area (Å²) in [5.41, 5.74) is 4.74. The van der Waals surface area contributed by atoms with E-state index in [0.717, 1.165) is 37.0 Å². The number of carbonyl (C=O) groups excluding carboxylic acids is 1. The molecule has 1 saturated heterocycles. The van der Waals surface area contributed by atoms with Gasteiger partial charge in [-0.05, 0) is 32.6 Å². The number of nitrogens with zero attached hydrogens (tertiary/aromatic N) is 2. The minimum absolute atomic E-state index is 0.0104. The van der Waals surface area contributed by atoms with E-state index in [4.69, 9.17) is 15.2 Å². The van der Waals surface area contributed by atoms with Crippen LogP contribution < -0.4 is 21.9 Å². The lowest BCUT2D eigenvalue weighted by Gasteiger charge is -2.26. The number of anilines is 2. The third-order valence-corrected chi connectivity index (χ3v) is 4.77. The van der Waals surface area contributed by atoms with Gasteiger partial charge in [-0.1, -0.05) is 13.3 Å². The van der Waals surface area contributed by atoms with Crippen molar-refractivity contribution >= 4 is 17.4 Å². The summed E-state index contributed by atoms with van der Waals surface area (Å²) < 4.78 is 12.5. The van der Waals surface area contributed by atoms with Crippen molar-refractivity contribution in [3.05, 3.63) is 20.8 Å². The molecule has 1 aromatic heterocycles. The molecule has 0 spiro atoms. The summed E-state index contributed by atoms with van der Waals surface area (Å²) >= 11 is 0. The molecular weight excluding hydrogens is 352 g/mol. The average molecular weight is 382 g/mol. The minimum atomic E-state index is -0.768. The summed E-state index contributed by atoms with van der Waals surface area (Å²) in [4.78, 5) is 40.3. The number of amides is 1. The van der Waals surface area contributed by atoms with Gasteiger partial charge in [0.05, 0.1) is 12.7 Å². The Morgan fingerprint density at radius 3 is 2.81 bits per heavy atom. The molecule has 2 heterocycles. The van der Waals surface area contributed by atoms with Crippen molar-refractivity contribution < 1.29 is 14.3 Å². The molecule has 9 heteroatoms. The van der Waals surface area contributed by atoms with Gasteiger partial charge in [-0.3, -0.25) is 19.1 Å². The molecule has 0 bridgehead atoms. The monoisotopic (exact) mass is 382 g/mol.